The molecule has 1 aromatic rings. The van der Waals surface area contributed by atoms with Crippen molar-refractivity contribution < 1.29 is 18.3 Å². The Morgan fingerprint density at radius 3 is 2.38 bits per heavy atom. The molecule has 1 unspecified atom stereocenters. The summed E-state index contributed by atoms with van der Waals surface area (Å²) in [5.74, 6) is -0.994. The molecule has 0 spiro atoms. The zero-order valence-electron chi connectivity index (χ0n) is 11.3. The lowest BCUT2D eigenvalue weighted by Gasteiger charge is -2.36. The zero-order chi connectivity index (χ0) is 15.8. The topological polar surface area (TPSA) is 74.7 Å². The maximum atomic E-state index is 12.6. The molecule has 5 nitrogen and oxygen atoms in total. The van der Waals surface area contributed by atoms with Gasteiger partial charge in [0.25, 0.3) is 0 Å². The lowest BCUT2D eigenvalue weighted by atomic mass is 9.83. The molecule has 8 heteroatoms. The molecule has 1 N–H and O–H groups in total. The third-order valence-electron chi connectivity index (χ3n) is 3.65. The molecule has 1 saturated heterocycles. The Hall–Kier alpha value is -0.820. The highest BCUT2D eigenvalue weighted by atomic mass is 35.5. The van der Waals surface area contributed by atoms with E-state index < -0.39 is 21.4 Å². The van der Waals surface area contributed by atoms with Crippen LogP contribution in [0.1, 0.15) is 19.8 Å². The van der Waals surface area contributed by atoms with E-state index in [9.17, 15) is 18.3 Å². The predicted molar refractivity (Wildman–Crippen MR) is 80.2 cm³/mol. The Labute approximate surface area is 133 Å². The van der Waals surface area contributed by atoms with Gasteiger partial charge in [0, 0.05) is 23.1 Å². The molecule has 0 amide bonds. The van der Waals surface area contributed by atoms with Gasteiger partial charge in [-0.1, -0.05) is 23.2 Å². The second-order valence-corrected chi connectivity index (χ2v) is 8.22. The normalized spacial score (nSPS) is 24.0. The van der Waals surface area contributed by atoms with Crippen LogP contribution in [0.4, 0.5) is 0 Å². The van der Waals surface area contributed by atoms with E-state index in [4.69, 9.17) is 23.2 Å². The Balaban J connectivity index is 2.37. The van der Waals surface area contributed by atoms with E-state index in [-0.39, 0.29) is 28.0 Å². The number of hydrogen-bond donors (Lipinski definition) is 1. The van der Waals surface area contributed by atoms with Crippen molar-refractivity contribution in [1.29, 1.82) is 0 Å². The Bertz CT molecular complexity index is 656. The van der Waals surface area contributed by atoms with E-state index in [0.29, 0.717) is 12.8 Å². The number of carboxylic acid groups (broad SMARTS) is 1. The average molecular weight is 352 g/mol. The molecular formula is C13H15Cl2NO4S. The van der Waals surface area contributed by atoms with Gasteiger partial charge in [-0.05, 0) is 38.0 Å². The van der Waals surface area contributed by atoms with Crippen LogP contribution in [0.3, 0.4) is 0 Å². The van der Waals surface area contributed by atoms with E-state index in [1.54, 1.807) is 6.92 Å². The second kappa shape index (κ2) is 5.76. The number of sulfonamides is 1. The number of carbonyl (C=O) groups is 1. The van der Waals surface area contributed by atoms with Gasteiger partial charge < -0.3 is 5.11 Å². The molecule has 2 rings (SSSR count). The number of carboxylic acids is 1. The monoisotopic (exact) mass is 351 g/mol. The van der Waals surface area contributed by atoms with Gasteiger partial charge in [0.05, 0.1) is 10.3 Å². The number of benzene rings is 1. The maximum absolute atomic E-state index is 12.6. The number of hydrogen-bond acceptors (Lipinski definition) is 3. The summed E-state index contributed by atoms with van der Waals surface area (Å²) in [5.41, 5.74) is -1.08. The third-order valence-corrected chi connectivity index (χ3v) is 5.91. The molecular weight excluding hydrogens is 337 g/mol. The van der Waals surface area contributed by atoms with Crippen molar-refractivity contribution in [3.63, 3.8) is 0 Å². The van der Waals surface area contributed by atoms with E-state index in [0.717, 1.165) is 0 Å². The van der Waals surface area contributed by atoms with Crippen molar-refractivity contribution in [2.75, 3.05) is 13.1 Å². The van der Waals surface area contributed by atoms with Crippen molar-refractivity contribution in [3.05, 3.63) is 28.2 Å². The first-order valence-corrected chi connectivity index (χ1v) is 8.54. The minimum Gasteiger partial charge on any atom is -0.481 e. The fourth-order valence-electron chi connectivity index (χ4n) is 2.40. The highest BCUT2D eigenvalue weighted by Gasteiger charge is 2.42. The van der Waals surface area contributed by atoms with Gasteiger partial charge in [0.1, 0.15) is 0 Å². The number of piperidine rings is 1. The number of rotatable bonds is 3. The van der Waals surface area contributed by atoms with Gasteiger partial charge in [-0.25, -0.2) is 8.42 Å². The fraction of sp³-hybridized carbons (Fsp3) is 0.462. The Morgan fingerprint density at radius 1 is 1.29 bits per heavy atom. The summed E-state index contributed by atoms with van der Waals surface area (Å²) >= 11 is 11.7. The van der Waals surface area contributed by atoms with Gasteiger partial charge in [0.2, 0.25) is 10.0 Å². The van der Waals surface area contributed by atoms with E-state index in [1.807, 2.05) is 0 Å². The molecule has 1 aliphatic rings. The highest BCUT2D eigenvalue weighted by molar-refractivity contribution is 7.89. The zero-order valence-corrected chi connectivity index (χ0v) is 13.7. The lowest BCUT2D eigenvalue weighted by Crippen LogP contribution is -2.48. The van der Waals surface area contributed by atoms with Crippen LogP contribution in [0.25, 0.3) is 0 Å². The SMILES string of the molecule is CC1(C(=O)O)CCCN(S(=O)(=O)c2cc(Cl)cc(Cl)c2)C1. The summed E-state index contributed by atoms with van der Waals surface area (Å²) in [5, 5.41) is 9.72. The van der Waals surface area contributed by atoms with Gasteiger partial charge in [0.15, 0.2) is 0 Å². The lowest BCUT2D eigenvalue weighted by molar-refractivity contribution is -0.150. The molecule has 0 aliphatic carbocycles. The molecule has 1 atom stereocenters. The van der Waals surface area contributed by atoms with Crippen LogP contribution < -0.4 is 0 Å². The number of halogens is 2. The molecule has 0 bridgehead atoms. The molecule has 1 fully saturated rings. The van der Waals surface area contributed by atoms with E-state index in [1.165, 1.54) is 22.5 Å². The summed E-state index contributed by atoms with van der Waals surface area (Å²) in [6.45, 7) is 1.78. The first-order valence-electron chi connectivity index (χ1n) is 6.35. The number of aliphatic carboxylic acids is 1. The molecule has 0 aromatic heterocycles. The average Bonchev–Trinajstić information content (AvgIpc) is 2.37. The predicted octanol–water partition coefficient (Wildman–Crippen LogP) is 2.87. The summed E-state index contributed by atoms with van der Waals surface area (Å²) in [6, 6.07) is 4.07. The minimum atomic E-state index is -3.81. The second-order valence-electron chi connectivity index (χ2n) is 5.41. The van der Waals surface area contributed by atoms with E-state index in [2.05, 4.69) is 0 Å². The van der Waals surface area contributed by atoms with Gasteiger partial charge >= 0.3 is 5.97 Å². The molecule has 0 radical (unpaired) electrons. The highest BCUT2D eigenvalue weighted by Crippen LogP contribution is 2.33. The molecule has 116 valence electrons. The van der Waals surface area contributed by atoms with Crippen LogP contribution in [0.2, 0.25) is 10.0 Å². The van der Waals surface area contributed by atoms with Crippen LogP contribution in [0, 0.1) is 5.41 Å². The van der Waals surface area contributed by atoms with E-state index >= 15 is 0 Å². The van der Waals surface area contributed by atoms with Crippen LogP contribution in [-0.4, -0.2) is 36.9 Å². The van der Waals surface area contributed by atoms with Crippen LogP contribution in [-0.2, 0) is 14.8 Å². The number of nitrogens with zero attached hydrogens (tertiary/aromatic N) is 1. The first kappa shape index (κ1) is 16.5. The van der Waals surface area contributed by atoms with Crippen LogP contribution >= 0.6 is 23.2 Å². The molecule has 1 aromatic carbocycles. The standard InChI is InChI=1S/C13H15Cl2NO4S/c1-13(12(17)18)3-2-4-16(8-13)21(19,20)11-6-9(14)5-10(15)7-11/h5-7H,2-4,8H2,1H3,(H,17,18). The van der Waals surface area contributed by atoms with Crippen molar-refractivity contribution in [2.45, 2.75) is 24.7 Å². The van der Waals surface area contributed by atoms with Gasteiger partial charge in [-0.15, -0.1) is 0 Å². The van der Waals surface area contributed by atoms with Gasteiger partial charge in [-0.3, -0.25) is 4.79 Å². The largest absolute Gasteiger partial charge is 0.481 e. The fourth-order valence-corrected chi connectivity index (χ4v) is 4.73. The summed E-state index contributed by atoms with van der Waals surface area (Å²) in [7, 11) is -3.81. The summed E-state index contributed by atoms with van der Waals surface area (Å²) in [4.78, 5) is 11.3. The quantitative estimate of drug-likeness (QED) is 0.908. The minimum absolute atomic E-state index is 0.0189. The van der Waals surface area contributed by atoms with Gasteiger partial charge in [-0.2, -0.15) is 4.31 Å². The molecule has 1 heterocycles. The van der Waals surface area contributed by atoms with Crippen molar-refractivity contribution in [1.82, 2.24) is 4.31 Å². The maximum Gasteiger partial charge on any atom is 0.310 e. The molecule has 0 saturated carbocycles. The molecule has 21 heavy (non-hydrogen) atoms. The Kier molecular flexibility index (Phi) is 4.54. The van der Waals surface area contributed by atoms with Crippen LogP contribution in [0.15, 0.2) is 23.1 Å². The smallest absolute Gasteiger partial charge is 0.310 e. The third kappa shape index (κ3) is 3.34. The van der Waals surface area contributed by atoms with Crippen LogP contribution in [0.5, 0.6) is 0 Å². The Morgan fingerprint density at radius 2 is 1.86 bits per heavy atom. The molecule has 1 aliphatic heterocycles. The van der Waals surface area contributed by atoms with Crippen molar-refractivity contribution in [2.24, 2.45) is 5.41 Å². The van der Waals surface area contributed by atoms with Crippen molar-refractivity contribution >= 4 is 39.2 Å². The summed E-state index contributed by atoms with van der Waals surface area (Å²) in [6.07, 6.45) is 0.945. The summed E-state index contributed by atoms with van der Waals surface area (Å²) < 4.78 is 26.4. The van der Waals surface area contributed by atoms with Crippen molar-refractivity contribution in [3.8, 4) is 0 Å². The first-order chi connectivity index (χ1) is 9.65.